The molecular formula is C14H14ClN3O3. The van der Waals surface area contributed by atoms with Gasteiger partial charge in [0.15, 0.2) is 11.5 Å². The second kappa shape index (κ2) is 5.38. The molecule has 1 aromatic carbocycles. The van der Waals surface area contributed by atoms with Crippen LogP contribution in [-0.4, -0.2) is 24.2 Å². The zero-order chi connectivity index (χ0) is 15.0. The lowest BCUT2D eigenvalue weighted by Gasteiger charge is -2.11. The molecule has 0 aliphatic carbocycles. The molecule has 0 radical (unpaired) electrons. The van der Waals surface area contributed by atoms with E-state index >= 15 is 0 Å². The Morgan fingerprint density at radius 3 is 2.76 bits per heavy atom. The van der Waals surface area contributed by atoms with Crippen LogP contribution in [0.1, 0.15) is 11.3 Å². The first-order valence-electron chi connectivity index (χ1n) is 6.38. The molecule has 0 atom stereocenters. The smallest absolute Gasteiger partial charge is 0.255 e. The van der Waals surface area contributed by atoms with Gasteiger partial charge in [-0.1, -0.05) is 11.6 Å². The van der Waals surface area contributed by atoms with E-state index in [1.54, 1.807) is 12.1 Å². The average molecular weight is 308 g/mol. The molecule has 0 spiro atoms. The predicted octanol–water partition coefficient (Wildman–Crippen LogP) is 1.71. The largest absolute Gasteiger partial charge is 0.493 e. The molecule has 6 nitrogen and oxygen atoms in total. The lowest BCUT2D eigenvalue weighted by atomic mass is 10.1. The number of nitrogens with zero attached hydrogens (tertiary/aromatic N) is 1. The van der Waals surface area contributed by atoms with Crippen LogP contribution in [0.15, 0.2) is 16.9 Å². The molecule has 2 heterocycles. The molecular weight excluding hydrogens is 294 g/mol. The van der Waals surface area contributed by atoms with Gasteiger partial charge >= 0.3 is 0 Å². The van der Waals surface area contributed by atoms with Gasteiger partial charge in [-0.15, -0.1) is 0 Å². The van der Waals surface area contributed by atoms with Crippen LogP contribution in [0.2, 0.25) is 5.02 Å². The second-order valence-corrected chi connectivity index (χ2v) is 5.04. The molecule has 21 heavy (non-hydrogen) atoms. The van der Waals surface area contributed by atoms with Crippen molar-refractivity contribution in [2.24, 2.45) is 0 Å². The van der Waals surface area contributed by atoms with Crippen molar-refractivity contribution in [2.75, 3.05) is 14.2 Å². The Bertz CT molecular complexity index is 758. The molecule has 1 aliphatic heterocycles. The Hall–Kier alpha value is -2.05. The number of H-pyrrole nitrogens is 1. The van der Waals surface area contributed by atoms with Crippen molar-refractivity contribution in [3.05, 3.63) is 38.8 Å². The normalized spacial score (nSPS) is 13.1. The first-order valence-corrected chi connectivity index (χ1v) is 6.76. The minimum atomic E-state index is -0.133. The zero-order valence-corrected chi connectivity index (χ0v) is 12.4. The van der Waals surface area contributed by atoms with Gasteiger partial charge < -0.3 is 19.8 Å². The fourth-order valence-electron chi connectivity index (χ4n) is 2.37. The Balaban J connectivity index is 2.15. The van der Waals surface area contributed by atoms with Crippen molar-refractivity contribution >= 4 is 11.6 Å². The first kappa shape index (κ1) is 13.9. The predicted molar refractivity (Wildman–Crippen MR) is 79.0 cm³/mol. The number of halogens is 1. The average Bonchev–Trinajstić information content (AvgIpc) is 2.95. The third kappa shape index (κ3) is 2.36. The number of hydrogen-bond donors (Lipinski definition) is 2. The first-order chi connectivity index (χ1) is 10.1. The van der Waals surface area contributed by atoms with E-state index in [2.05, 4.69) is 15.3 Å². The van der Waals surface area contributed by atoms with Gasteiger partial charge in [-0.05, 0) is 12.1 Å². The van der Waals surface area contributed by atoms with Gasteiger partial charge in [-0.2, -0.15) is 0 Å². The van der Waals surface area contributed by atoms with Crippen molar-refractivity contribution in [2.45, 2.75) is 13.1 Å². The third-order valence-corrected chi connectivity index (χ3v) is 3.68. The van der Waals surface area contributed by atoms with E-state index in [0.717, 1.165) is 5.69 Å². The number of aromatic amines is 1. The molecule has 1 aromatic heterocycles. The molecule has 0 bridgehead atoms. The van der Waals surface area contributed by atoms with Crippen LogP contribution in [0.3, 0.4) is 0 Å². The summed E-state index contributed by atoms with van der Waals surface area (Å²) in [6.07, 6.45) is 0. The quantitative estimate of drug-likeness (QED) is 0.903. The van der Waals surface area contributed by atoms with Gasteiger partial charge in [0.05, 0.1) is 30.5 Å². The fourth-order valence-corrected chi connectivity index (χ4v) is 2.66. The fraction of sp³-hybridized carbons (Fsp3) is 0.286. The van der Waals surface area contributed by atoms with Crippen LogP contribution in [-0.2, 0) is 13.1 Å². The van der Waals surface area contributed by atoms with Crippen LogP contribution in [0.25, 0.3) is 11.4 Å². The number of nitrogens with one attached hydrogen (secondary N) is 2. The van der Waals surface area contributed by atoms with E-state index in [1.165, 1.54) is 14.2 Å². The number of rotatable bonds is 3. The van der Waals surface area contributed by atoms with E-state index < -0.39 is 0 Å². The second-order valence-electron chi connectivity index (χ2n) is 4.64. The highest BCUT2D eigenvalue weighted by molar-refractivity contribution is 6.32. The SMILES string of the molecule is COc1cc(-c2nc3c(c(=O)[nH]2)CNC3)cc(Cl)c1OC. The summed E-state index contributed by atoms with van der Waals surface area (Å²) in [5.74, 6) is 1.40. The maximum absolute atomic E-state index is 12.0. The number of fused-ring (bicyclic) bond motifs is 1. The Morgan fingerprint density at radius 2 is 2.05 bits per heavy atom. The van der Waals surface area contributed by atoms with Gasteiger partial charge in [-0.25, -0.2) is 4.98 Å². The molecule has 3 rings (SSSR count). The molecule has 110 valence electrons. The molecule has 0 amide bonds. The summed E-state index contributed by atoms with van der Waals surface area (Å²) in [6.45, 7) is 1.14. The third-order valence-electron chi connectivity index (χ3n) is 3.40. The van der Waals surface area contributed by atoms with E-state index in [1.807, 2.05) is 0 Å². The van der Waals surface area contributed by atoms with Gasteiger partial charge in [-0.3, -0.25) is 4.79 Å². The van der Waals surface area contributed by atoms with Gasteiger partial charge in [0, 0.05) is 18.7 Å². The minimum absolute atomic E-state index is 0.133. The minimum Gasteiger partial charge on any atom is -0.493 e. The Kier molecular flexibility index (Phi) is 3.57. The maximum atomic E-state index is 12.0. The van der Waals surface area contributed by atoms with Crippen molar-refractivity contribution < 1.29 is 9.47 Å². The van der Waals surface area contributed by atoms with Gasteiger partial charge in [0.2, 0.25) is 0 Å². The van der Waals surface area contributed by atoms with Gasteiger partial charge in [0.25, 0.3) is 5.56 Å². The molecule has 0 saturated heterocycles. The molecule has 2 aromatic rings. The number of methoxy groups -OCH3 is 2. The summed E-state index contributed by atoms with van der Waals surface area (Å²) in [5.41, 5.74) is 1.99. The van der Waals surface area contributed by atoms with Crippen LogP contribution in [0.4, 0.5) is 0 Å². The lowest BCUT2D eigenvalue weighted by molar-refractivity contribution is 0.355. The van der Waals surface area contributed by atoms with Crippen molar-refractivity contribution in [1.82, 2.24) is 15.3 Å². The number of aromatic nitrogens is 2. The summed E-state index contributed by atoms with van der Waals surface area (Å²) in [5, 5.41) is 3.50. The van der Waals surface area contributed by atoms with Crippen LogP contribution < -0.4 is 20.3 Å². The van der Waals surface area contributed by atoms with E-state index in [0.29, 0.717) is 46.6 Å². The van der Waals surface area contributed by atoms with E-state index in [9.17, 15) is 4.79 Å². The Labute approximate surface area is 126 Å². The zero-order valence-electron chi connectivity index (χ0n) is 11.6. The van der Waals surface area contributed by atoms with Crippen molar-refractivity contribution in [3.8, 4) is 22.9 Å². The molecule has 0 saturated carbocycles. The molecule has 2 N–H and O–H groups in total. The molecule has 7 heteroatoms. The summed E-state index contributed by atoms with van der Waals surface area (Å²) in [4.78, 5) is 19.3. The summed E-state index contributed by atoms with van der Waals surface area (Å²) < 4.78 is 10.5. The highest BCUT2D eigenvalue weighted by Crippen LogP contribution is 2.38. The van der Waals surface area contributed by atoms with Crippen LogP contribution >= 0.6 is 11.6 Å². The molecule has 0 fully saturated rings. The highest BCUT2D eigenvalue weighted by atomic mass is 35.5. The van der Waals surface area contributed by atoms with Crippen molar-refractivity contribution in [1.29, 1.82) is 0 Å². The number of hydrogen-bond acceptors (Lipinski definition) is 5. The topological polar surface area (TPSA) is 76.2 Å². The Morgan fingerprint density at radius 1 is 1.24 bits per heavy atom. The van der Waals surface area contributed by atoms with E-state index in [-0.39, 0.29) is 5.56 Å². The van der Waals surface area contributed by atoms with Crippen molar-refractivity contribution in [3.63, 3.8) is 0 Å². The lowest BCUT2D eigenvalue weighted by Crippen LogP contribution is -2.15. The number of benzene rings is 1. The number of ether oxygens (including phenoxy) is 2. The summed E-state index contributed by atoms with van der Waals surface area (Å²) >= 11 is 6.18. The molecule has 0 unspecified atom stereocenters. The van der Waals surface area contributed by atoms with Crippen LogP contribution in [0, 0.1) is 0 Å². The summed E-state index contributed by atoms with van der Waals surface area (Å²) in [6, 6.07) is 3.42. The summed E-state index contributed by atoms with van der Waals surface area (Å²) in [7, 11) is 3.05. The maximum Gasteiger partial charge on any atom is 0.255 e. The van der Waals surface area contributed by atoms with Gasteiger partial charge in [0.1, 0.15) is 5.82 Å². The monoisotopic (exact) mass is 307 g/mol. The van der Waals surface area contributed by atoms with E-state index in [4.69, 9.17) is 21.1 Å². The highest BCUT2D eigenvalue weighted by Gasteiger charge is 2.19. The molecule has 1 aliphatic rings. The standard InChI is InChI=1S/C14H14ClN3O3/c1-20-11-4-7(3-9(15)12(11)21-2)13-17-10-6-16-5-8(10)14(19)18-13/h3-4,16H,5-6H2,1-2H3,(H,17,18,19). The van der Waals surface area contributed by atoms with Crippen LogP contribution in [0.5, 0.6) is 11.5 Å².